The van der Waals surface area contributed by atoms with Crippen molar-refractivity contribution in [3.05, 3.63) is 29.1 Å². The first-order chi connectivity index (χ1) is 7.22. The molecule has 0 unspecified atom stereocenters. The number of benzene rings is 1. The van der Waals surface area contributed by atoms with Gasteiger partial charge in [0, 0.05) is 0 Å². The monoisotopic (exact) mass is 225 g/mol. The Labute approximate surface area is 90.8 Å². The molecule has 4 nitrogen and oxygen atoms in total. The first kappa shape index (κ1) is 9.98. The molecule has 0 aliphatic rings. The van der Waals surface area contributed by atoms with Crippen LogP contribution in [0.5, 0.6) is 0 Å². The lowest BCUT2D eigenvalue weighted by Gasteiger charge is -2.00. The molecule has 78 valence electrons. The highest BCUT2D eigenvalue weighted by Gasteiger charge is 2.15. The van der Waals surface area contributed by atoms with Crippen LogP contribution in [0, 0.1) is 0 Å². The van der Waals surface area contributed by atoms with E-state index in [1.54, 1.807) is 25.1 Å². The predicted molar refractivity (Wildman–Crippen MR) is 55.0 cm³/mol. The maximum absolute atomic E-state index is 11.5. The number of oxazole rings is 1. The Balaban J connectivity index is 2.55. The van der Waals surface area contributed by atoms with Crippen LogP contribution in [0.1, 0.15) is 17.3 Å². The molecule has 0 aliphatic heterocycles. The van der Waals surface area contributed by atoms with Crippen molar-refractivity contribution in [2.24, 2.45) is 0 Å². The summed E-state index contributed by atoms with van der Waals surface area (Å²) in [5.41, 5.74) is 1.25. The van der Waals surface area contributed by atoms with Crippen LogP contribution >= 0.6 is 11.6 Å². The van der Waals surface area contributed by atoms with E-state index >= 15 is 0 Å². The predicted octanol–water partition coefficient (Wildman–Crippen LogP) is 2.66. The lowest BCUT2D eigenvalue weighted by molar-refractivity contribution is 0.0527. The molecule has 15 heavy (non-hydrogen) atoms. The van der Waals surface area contributed by atoms with Crippen molar-refractivity contribution < 1.29 is 13.9 Å². The molecule has 0 N–H and O–H groups in total. The lowest BCUT2D eigenvalue weighted by atomic mass is 10.2. The van der Waals surface area contributed by atoms with Crippen LogP contribution in [-0.2, 0) is 4.74 Å². The van der Waals surface area contributed by atoms with Crippen LogP contribution in [0.3, 0.4) is 0 Å². The molecule has 5 heteroatoms. The Bertz CT molecular complexity index is 506. The van der Waals surface area contributed by atoms with Crippen LogP contribution in [-0.4, -0.2) is 17.6 Å². The minimum Gasteiger partial charge on any atom is -0.462 e. The van der Waals surface area contributed by atoms with Gasteiger partial charge in [-0.25, -0.2) is 4.79 Å². The fraction of sp³-hybridized carbons (Fsp3) is 0.200. The van der Waals surface area contributed by atoms with E-state index in [-0.39, 0.29) is 5.35 Å². The molecular weight excluding hydrogens is 218 g/mol. The van der Waals surface area contributed by atoms with Gasteiger partial charge in [0.15, 0.2) is 5.58 Å². The van der Waals surface area contributed by atoms with E-state index in [1.165, 1.54) is 0 Å². The highest BCUT2D eigenvalue weighted by molar-refractivity contribution is 6.28. The minimum atomic E-state index is -0.434. The summed E-state index contributed by atoms with van der Waals surface area (Å²) in [6.07, 6.45) is 0. The van der Waals surface area contributed by atoms with E-state index in [0.29, 0.717) is 23.3 Å². The molecule has 1 aromatic carbocycles. The molecule has 0 spiro atoms. The Hall–Kier alpha value is -1.55. The van der Waals surface area contributed by atoms with Gasteiger partial charge in [-0.3, -0.25) is 0 Å². The number of hydrogen-bond donors (Lipinski definition) is 0. The Morgan fingerprint density at radius 1 is 1.60 bits per heavy atom. The van der Waals surface area contributed by atoms with Crippen molar-refractivity contribution >= 4 is 28.7 Å². The van der Waals surface area contributed by atoms with Crippen LogP contribution in [0.2, 0.25) is 5.35 Å². The number of rotatable bonds is 2. The van der Waals surface area contributed by atoms with Gasteiger partial charge in [-0.05, 0) is 30.7 Å². The van der Waals surface area contributed by atoms with Gasteiger partial charge in [0.2, 0.25) is 0 Å². The van der Waals surface area contributed by atoms with E-state index in [1.807, 2.05) is 0 Å². The topological polar surface area (TPSA) is 52.3 Å². The number of carbonyl (C=O) groups excluding carboxylic acids is 1. The smallest absolute Gasteiger partial charge is 0.342 e. The van der Waals surface area contributed by atoms with E-state index in [4.69, 9.17) is 20.8 Å². The quantitative estimate of drug-likeness (QED) is 0.738. The summed E-state index contributed by atoms with van der Waals surface area (Å²) >= 11 is 5.61. The molecule has 1 aromatic heterocycles. The highest BCUT2D eigenvalue weighted by Crippen LogP contribution is 2.22. The third-order valence-corrected chi connectivity index (χ3v) is 2.05. The van der Waals surface area contributed by atoms with Gasteiger partial charge < -0.3 is 9.15 Å². The fourth-order valence-electron chi connectivity index (χ4n) is 1.29. The second kappa shape index (κ2) is 3.90. The number of aromatic nitrogens is 1. The average molecular weight is 226 g/mol. The molecule has 0 fully saturated rings. The Kier molecular flexibility index (Phi) is 2.60. The average Bonchev–Trinajstić information content (AvgIpc) is 2.57. The zero-order valence-electron chi connectivity index (χ0n) is 7.99. The Morgan fingerprint density at radius 3 is 3.13 bits per heavy atom. The number of carbonyl (C=O) groups is 1. The summed E-state index contributed by atoms with van der Waals surface area (Å²) < 4.78 is 10.00. The molecule has 2 aromatic rings. The van der Waals surface area contributed by atoms with Gasteiger partial charge in [0.1, 0.15) is 11.1 Å². The van der Waals surface area contributed by atoms with Gasteiger partial charge in [0.05, 0.1) is 6.61 Å². The summed E-state index contributed by atoms with van der Waals surface area (Å²) in [4.78, 5) is 15.4. The van der Waals surface area contributed by atoms with Crippen LogP contribution in [0.25, 0.3) is 11.1 Å². The summed E-state index contributed by atoms with van der Waals surface area (Å²) in [5, 5.41) is 0.0155. The first-order valence-corrected chi connectivity index (χ1v) is 4.82. The zero-order valence-corrected chi connectivity index (χ0v) is 8.75. The standard InChI is InChI=1S/C10H8ClNO3/c1-2-14-9(13)6-4-3-5-7-8(6)15-10(11)12-7/h3-5H,2H2,1H3. The fourth-order valence-corrected chi connectivity index (χ4v) is 1.46. The largest absolute Gasteiger partial charge is 0.462 e. The molecule has 0 aliphatic carbocycles. The molecule has 0 saturated heterocycles. The molecule has 0 bridgehead atoms. The second-order valence-corrected chi connectivity index (χ2v) is 3.16. The van der Waals surface area contributed by atoms with Crippen molar-refractivity contribution in [2.45, 2.75) is 6.92 Å². The van der Waals surface area contributed by atoms with Gasteiger partial charge in [-0.1, -0.05) is 6.07 Å². The van der Waals surface area contributed by atoms with Gasteiger partial charge in [-0.2, -0.15) is 4.98 Å². The minimum absolute atomic E-state index is 0.0155. The zero-order chi connectivity index (χ0) is 10.8. The van der Waals surface area contributed by atoms with Crippen molar-refractivity contribution in [1.82, 2.24) is 4.98 Å². The molecule has 1 heterocycles. The highest BCUT2D eigenvalue weighted by atomic mass is 35.5. The van der Waals surface area contributed by atoms with Gasteiger partial charge in [0.25, 0.3) is 5.35 Å². The van der Waals surface area contributed by atoms with E-state index in [0.717, 1.165) is 0 Å². The van der Waals surface area contributed by atoms with E-state index in [2.05, 4.69) is 4.98 Å². The van der Waals surface area contributed by atoms with Crippen LogP contribution < -0.4 is 0 Å². The molecule has 2 rings (SSSR count). The number of halogens is 1. The van der Waals surface area contributed by atoms with Crippen molar-refractivity contribution in [1.29, 1.82) is 0 Å². The van der Waals surface area contributed by atoms with Crippen molar-refractivity contribution in [2.75, 3.05) is 6.61 Å². The number of ether oxygens (including phenoxy) is 1. The maximum Gasteiger partial charge on any atom is 0.342 e. The summed E-state index contributed by atoms with van der Waals surface area (Å²) in [6, 6.07) is 5.03. The van der Waals surface area contributed by atoms with Gasteiger partial charge in [-0.15, -0.1) is 0 Å². The molecular formula is C10H8ClNO3. The number of hydrogen-bond acceptors (Lipinski definition) is 4. The molecule has 0 saturated carbocycles. The molecule has 0 radical (unpaired) electrons. The number of esters is 1. The summed E-state index contributed by atoms with van der Waals surface area (Å²) in [5.74, 6) is -0.434. The maximum atomic E-state index is 11.5. The van der Waals surface area contributed by atoms with Crippen LogP contribution in [0.15, 0.2) is 22.6 Å². The normalized spacial score (nSPS) is 10.5. The second-order valence-electron chi connectivity index (χ2n) is 2.84. The summed E-state index contributed by atoms with van der Waals surface area (Å²) in [7, 11) is 0. The third kappa shape index (κ3) is 1.80. The molecule has 0 amide bonds. The SMILES string of the molecule is CCOC(=O)c1cccc2nc(Cl)oc12. The number of nitrogens with zero attached hydrogens (tertiary/aromatic N) is 1. The van der Waals surface area contributed by atoms with E-state index in [9.17, 15) is 4.79 Å². The summed E-state index contributed by atoms with van der Waals surface area (Å²) in [6.45, 7) is 2.06. The number of fused-ring (bicyclic) bond motifs is 1. The number of para-hydroxylation sites is 1. The molecule has 0 atom stereocenters. The van der Waals surface area contributed by atoms with Crippen LogP contribution in [0.4, 0.5) is 0 Å². The van der Waals surface area contributed by atoms with Crippen molar-refractivity contribution in [3.8, 4) is 0 Å². The van der Waals surface area contributed by atoms with Gasteiger partial charge >= 0.3 is 5.97 Å². The first-order valence-electron chi connectivity index (χ1n) is 4.44. The van der Waals surface area contributed by atoms with Crippen molar-refractivity contribution in [3.63, 3.8) is 0 Å². The third-order valence-electron chi connectivity index (χ3n) is 1.88. The lowest BCUT2D eigenvalue weighted by Crippen LogP contribution is -2.04. The van der Waals surface area contributed by atoms with E-state index < -0.39 is 5.97 Å². The Morgan fingerprint density at radius 2 is 2.40 bits per heavy atom.